The number of para-hydroxylation sites is 1. The quantitative estimate of drug-likeness (QED) is 0.205. The van der Waals surface area contributed by atoms with Crippen molar-refractivity contribution < 1.29 is 9.53 Å². The average molecular weight is 610 g/mol. The van der Waals surface area contributed by atoms with E-state index in [1.165, 1.54) is 10.6 Å². The van der Waals surface area contributed by atoms with Crippen LogP contribution in [0.25, 0.3) is 21.8 Å². The van der Waals surface area contributed by atoms with Gasteiger partial charge in [0.2, 0.25) is 5.91 Å². The molecule has 6 aromatic rings. The predicted octanol–water partition coefficient (Wildman–Crippen LogP) is 6.96. The minimum atomic E-state index is -0.793. The van der Waals surface area contributed by atoms with Crippen molar-refractivity contribution in [3.8, 4) is 5.75 Å². The lowest BCUT2D eigenvalue weighted by Crippen LogP contribution is -2.49. The van der Waals surface area contributed by atoms with Gasteiger partial charge in [-0.25, -0.2) is 4.98 Å². The highest BCUT2D eigenvalue weighted by molar-refractivity contribution is 6.42. The van der Waals surface area contributed by atoms with Gasteiger partial charge in [-0.15, -0.1) is 0 Å². The number of aromatic nitrogens is 3. The van der Waals surface area contributed by atoms with E-state index in [2.05, 4.69) is 10.3 Å². The second-order valence-corrected chi connectivity index (χ2v) is 11.5. The molecule has 0 spiro atoms. The lowest BCUT2D eigenvalue weighted by Gasteiger charge is -2.33. The van der Waals surface area contributed by atoms with E-state index in [9.17, 15) is 9.59 Å². The molecule has 3 heterocycles. The molecule has 0 fully saturated rings. The number of carbonyl (C=O) groups excluding carboxylic acids is 1. The number of hydrogen-bond acceptors (Lipinski definition) is 4. The number of aromatic amines is 1. The highest BCUT2D eigenvalue weighted by Crippen LogP contribution is 2.32. The van der Waals surface area contributed by atoms with Crippen molar-refractivity contribution in [1.82, 2.24) is 19.9 Å². The zero-order chi connectivity index (χ0) is 29.5. The molecule has 0 aliphatic carbocycles. The summed E-state index contributed by atoms with van der Waals surface area (Å²) in [5.41, 5.74) is 4.05. The first-order chi connectivity index (χ1) is 20.9. The fourth-order valence-electron chi connectivity index (χ4n) is 5.74. The minimum absolute atomic E-state index is 0.242. The SMILES string of the molecule is O=C1N[C@@H](Cc2ccc(OCc3ccccc3)cc2)c2nc3cc(Cl)c(Cl)cc3c(=O)n2[C@@H]1Cc1c[nH]c2ccccc12. The van der Waals surface area contributed by atoms with Crippen LogP contribution in [0.3, 0.4) is 0 Å². The molecule has 7 nitrogen and oxygen atoms in total. The van der Waals surface area contributed by atoms with Gasteiger partial charge >= 0.3 is 0 Å². The molecule has 0 unspecified atom stereocenters. The number of ether oxygens (including phenoxy) is 1. The number of amides is 1. The topological polar surface area (TPSA) is 89.0 Å². The second kappa shape index (κ2) is 11.2. The summed E-state index contributed by atoms with van der Waals surface area (Å²) >= 11 is 12.6. The third-order valence-electron chi connectivity index (χ3n) is 7.91. The zero-order valence-electron chi connectivity index (χ0n) is 22.9. The van der Waals surface area contributed by atoms with Crippen LogP contribution >= 0.6 is 23.2 Å². The van der Waals surface area contributed by atoms with E-state index in [1.807, 2.05) is 85.1 Å². The molecule has 2 N–H and O–H groups in total. The van der Waals surface area contributed by atoms with E-state index < -0.39 is 12.1 Å². The molecule has 0 radical (unpaired) electrons. The lowest BCUT2D eigenvalue weighted by molar-refractivity contribution is -0.126. The Morgan fingerprint density at radius 1 is 0.814 bits per heavy atom. The maximum atomic E-state index is 14.0. The number of H-pyrrole nitrogens is 1. The Labute approximate surface area is 257 Å². The Balaban J connectivity index is 1.23. The highest BCUT2D eigenvalue weighted by Gasteiger charge is 2.36. The van der Waals surface area contributed by atoms with Crippen LogP contribution in [0, 0.1) is 0 Å². The fourth-order valence-corrected chi connectivity index (χ4v) is 6.06. The van der Waals surface area contributed by atoms with Crippen LogP contribution in [0.5, 0.6) is 5.75 Å². The van der Waals surface area contributed by atoms with Gasteiger partial charge in [0.1, 0.15) is 24.2 Å². The van der Waals surface area contributed by atoms with E-state index in [4.69, 9.17) is 32.9 Å². The molecule has 214 valence electrons. The molecule has 7 rings (SSSR count). The summed E-state index contributed by atoms with van der Waals surface area (Å²) in [5, 5.41) is 5.04. The number of carbonyl (C=O) groups is 1. The smallest absolute Gasteiger partial charge is 0.262 e. The van der Waals surface area contributed by atoms with Crippen LogP contribution in [0.15, 0.2) is 102 Å². The molecule has 1 amide bonds. The van der Waals surface area contributed by atoms with Gasteiger partial charge in [0.15, 0.2) is 0 Å². The largest absolute Gasteiger partial charge is 0.489 e. The second-order valence-electron chi connectivity index (χ2n) is 10.7. The van der Waals surface area contributed by atoms with Crippen molar-refractivity contribution in [2.45, 2.75) is 31.5 Å². The number of rotatable bonds is 7. The van der Waals surface area contributed by atoms with E-state index in [1.54, 1.807) is 6.07 Å². The summed E-state index contributed by atoms with van der Waals surface area (Å²) in [4.78, 5) is 35.9. The Morgan fingerprint density at radius 2 is 1.56 bits per heavy atom. The molecule has 0 saturated carbocycles. The molecule has 1 aliphatic heterocycles. The van der Waals surface area contributed by atoms with Crippen LogP contribution in [0.1, 0.15) is 34.6 Å². The standard InChI is InChI=1S/C34H26Cl2N4O3/c35-26-16-25-29(17-27(26)36)38-32-30(14-20-10-12-23(13-11-20)43-19-21-6-2-1-3-7-21)39-33(41)31(40(32)34(25)42)15-22-18-37-28-9-5-4-8-24(22)28/h1-13,16-18,30-31,37H,14-15,19H2,(H,39,41)/t30-,31+/m0/s1. The van der Waals surface area contributed by atoms with Gasteiger partial charge in [0.05, 0.1) is 27.0 Å². The minimum Gasteiger partial charge on any atom is -0.489 e. The molecule has 2 aromatic heterocycles. The number of hydrogen-bond donors (Lipinski definition) is 2. The van der Waals surface area contributed by atoms with Crippen LogP contribution in [0.4, 0.5) is 0 Å². The van der Waals surface area contributed by atoms with Crippen LogP contribution in [-0.2, 0) is 24.2 Å². The Bertz CT molecular complexity index is 2040. The molecule has 2 atom stereocenters. The first kappa shape index (κ1) is 27.3. The normalized spacial score (nSPS) is 16.3. The number of fused-ring (bicyclic) bond motifs is 3. The summed E-state index contributed by atoms with van der Waals surface area (Å²) < 4.78 is 7.47. The summed E-state index contributed by atoms with van der Waals surface area (Å²) in [7, 11) is 0. The van der Waals surface area contributed by atoms with Crippen LogP contribution in [-0.4, -0.2) is 20.4 Å². The van der Waals surface area contributed by atoms with Gasteiger partial charge in [-0.05, 0) is 53.4 Å². The molecule has 4 aromatic carbocycles. The van der Waals surface area contributed by atoms with Gasteiger partial charge in [-0.3, -0.25) is 14.2 Å². The van der Waals surface area contributed by atoms with E-state index in [-0.39, 0.29) is 16.5 Å². The van der Waals surface area contributed by atoms with Crippen molar-refractivity contribution in [2.75, 3.05) is 0 Å². The van der Waals surface area contributed by atoms with Gasteiger partial charge in [-0.1, -0.05) is 83.9 Å². The number of nitrogens with one attached hydrogen (secondary N) is 2. The van der Waals surface area contributed by atoms with Gasteiger partial charge in [-0.2, -0.15) is 0 Å². The van der Waals surface area contributed by atoms with Gasteiger partial charge in [0.25, 0.3) is 5.56 Å². The first-order valence-corrected chi connectivity index (χ1v) is 14.7. The van der Waals surface area contributed by atoms with Crippen molar-refractivity contribution in [2.24, 2.45) is 0 Å². The van der Waals surface area contributed by atoms with E-state index in [0.717, 1.165) is 33.3 Å². The molecular weight excluding hydrogens is 583 g/mol. The molecule has 43 heavy (non-hydrogen) atoms. The molecular formula is C34H26Cl2N4O3. The Kier molecular flexibility index (Phi) is 7.13. The van der Waals surface area contributed by atoms with Crippen molar-refractivity contribution >= 4 is 50.9 Å². The van der Waals surface area contributed by atoms with E-state index >= 15 is 0 Å². The Hall–Kier alpha value is -4.59. The third-order valence-corrected chi connectivity index (χ3v) is 8.63. The number of halogens is 2. The van der Waals surface area contributed by atoms with E-state index in [0.29, 0.717) is 41.2 Å². The maximum Gasteiger partial charge on any atom is 0.262 e. The fraction of sp³-hybridized carbons (Fsp3) is 0.147. The maximum absolute atomic E-state index is 14.0. The number of nitrogens with zero attached hydrogens (tertiary/aromatic N) is 2. The Morgan fingerprint density at radius 3 is 2.37 bits per heavy atom. The molecule has 9 heteroatoms. The van der Waals surface area contributed by atoms with Crippen molar-refractivity contribution in [3.63, 3.8) is 0 Å². The van der Waals surface area contributed by atoms with Gasteiger partial charge in [0, 0.05) is 23.5 Å². The summed E-state index contributed by atoms with van der Waals surface area (Å²) in [6.45, 7) is 0.469. The summed E-state index contributed by atoms with van der Waals surface area (Å²) in [5.74, 6) is 0.977. The van der Waals surface area contributed by atoms with Gasteiger partial charge < -0.3 is 15.0 Å². The van der Waals surface area contributed by atoms with Crippen LogP contribution < -0.4 is 15.6 Å². The molecule has 1 aliphatic rings. The number of benzene rings is 4. The molecule has 0 saturated heterocycles. The average Bonchev–Trinajstić information content (AvgIpc) is 3.43. The predicted molar refractivity (Wildman–Crippen MR) is 169 cm³/mol. The summed E-state index contributed by atoms with van der Waals surface area (Å²) in [6.07, 6.45) is 2.64. The monoisotopic (exact) mass is 608 g/mol. The highest BCUT2D eigenvalue weighted by atomic mass is 35.5. The van der Waals surface area contributed by atoms with Crippen molar-refractivity contribution in [3.05, 3.63) is 140 Å². The first-order valence-electron chi connectivity index (χ1n) is 14.0. The summed E-state index contributed by atoms with van der Waals surface area (Å²) in [6, 6.07) is 27.4. The molecule has 0 bridgehead atoms. The van der Waals surface area contributed by atoms with Crippen molar-refractivity contribution in [1.29, 1.82) is 0 Å². The lowest BCUT2D eigenvalue weighted by atomic mass is 9.97. The third kappa shape index (κ3) is 5.26. The zero-order valence-corrected chi connectivity index (χ0v) is 24.4. The van der Waals surface area contributed by atoms with Crippen LogP contribution in [0.2, 0.25) is 10.0 Å².